The highest BCUT2D eigenvalue weighted by Gasteiger charge is 2.13. The second-order valence-electron chi connectivity index (χ2n) is 4.52. The molecule has 19 heavy (non-hydrogen) atoms. The standard InChI is InChI=1S/C15H14BrCl2N/c1-9-3-2-4-12(15(9)16)14(19)7-10-5-6-11(17)8-13(10)18/h2-6,8,14H,7,19H2,1H3. The molecule has 100 valence electrons. The van der Waals surface area contributed by atoms with Crippen LogP contribution in [0.2, 0.25) is 10.0 Å². The summed E-state index contributed by atoms with van der Waals surface area (Å²) in [5, 5.41) is 1.30. The van der Waals surface area contributed by atoms with Crippen molar-refractivity contribution in [2.75, 3.05) is 0 Å². The van der Waals surface area contributed by atoms with E-state index in [1.54, 1.807) is 6.07 Å². The highest BCUT2D eigenvalue weighted by molar-refractivity contribution is 9.10. The van der Waals surface area contributed by atoms with E-state index in [-0.39, 0.29) is 6.04 Å². The van der Waals surface area contributed by atoms with Gasteiger partial charge in [-0.05, 0) is 42.2 Å². The Hall–Kier alpha value is -0.540. The Labute approximate surface area is 131 Å². The summed E-state index contributed by atoms with van der Waals surface area (Å²) in [6.45, 7) is 2.05. The van der Waals surface area contributed by atoms with Crippen molar-refractivity contribution in [3.63, 3.8) is 0 Å². The molecule has 0 radical (unpaired) electrons. The number of hydrogen-bond acceptors (Lipinski definition) is 1. The maximum atomic E-state index is 6.28. The van der Waals surface area contributed by atoms with Crippen molar-refractivity contribution in [1.29, 1.82) is 0 Å². The first-order valence-electron chi connectivity index (χ1n) is 5.93. The molecule has 0 fully saturated rings. The number of hydrogen-bond donors (Lipinski definition) is 1. The van der Waals surface area contributed by atoms with E-state index in [9.17, 15) is 0 Å². The van der Waals surface area contributed by atoms with Gasteiger partial charge in [0.1, 0.15) is 0 Å². The zero-order valence-electron chi connectivity index (χ0n) is 10.5. The van der Waals surface area contributed by atoms with Gasteiger partial charge in [-0.3, -0.25) is 0 Å². The lowest BCUT2D eigenvalue weighted by Crippen LogP contribution is -2.14. The third-order valence-electron chi connectivity index (χ3n) is 3.08. The highest BCUT2D eigenvalue weighted by Crippen LogP contribution is 2.30. The van der Waals surface area contributed by atoms with Crippen LogP contribution < -0.4 is 5.73 Å². The molecule has 2 N–H and O–H groups in total. The van der Waals surface area contributed by atoms with Gasteiger partial charge >= 0.3 is 0 Å². The Bertz CT molecular complexity index is 599. The van der Waals surface area contributed by atoms with Gasteiger partial charge in [0.05, 0.1) is 0 Å². The second-order valence-corrected chi connectivity index (χ2v) is 6.16. The number of rotatable bonds is 3. The zero-order chi connectivity index (χ0) is 14.0. The van der Waals surface area contributed by atoms with Crippen LogP contribution in [-0.2, 0) is 6.42 Å². The fraction of sp³-hybridized carbons (Fsp3) is 0.200. The molecular formula is C15H14BrCl2N. The lowest BCUT2D eigenvalue weighted by atomic mass is 9.98. The summed E-state index contributed by atoms with van der Waals surface area (Å²) in [6.07, 6.45) is 0.679. The number of aryl methyl sites for hydroxylation is 1. The van der Waals surface area contributed by atoms with Crippen molar-refractivity contribution in [3.05, 3.63) is 67.6 Å². The average molecular weight is 359 g/mol. The van der Waals surface area contributed by atoms with Gasteiger partial charge in [0.25, 0.3) is 0 Å². The average Bonchev–Trinajstić information content (AvgIpc) is 2.36. The van der Waals surface area contributed by atoms with E-state index in [1.807, 2.05) is 24.3 Å². The first kappa shape index (κ1) is 14.9. The first-order valence-corrected chi connectivity index (χ1v) is 7.48. The van der Waals surface area contributed by atoms with Crippen LogP contribution in [0.5, 0.6) is 0 Å². The third kappa shape index (κ3) is 3.51. The van der Waals surface area contributed by atoms with Crippen LogP contribution in [0.1, 0.15) is 22.7 Å². The van der Waals surface area contributed by atoms with Crippen LogP contribution >= 0.6 is 39.1 Å². The van der Waals surface area contributed by atoms with Crippen LogP contribution in [0.4, 0.5) is 0 Å². The van der Waals surface area contributed by atoms with E-state index in [4.69, 9.17) is 28.9 Å². The largest absolute Gasteiger partial charge is 0.324 e. The molecule has 1 nitrogen and oxygen atoms in total. The predicted octanol–water partition coefficient (Wildman–Crippen LogP) is 5.31. The van der Waals surface area contributed by atoms with Crippen molar-refractivity contribution in [2.24, 2.45) is 5.73 Å². The van der Waals surface area contributed by atoms with E-state index < -0.39 is 0 Å². The second kappa shape index (κ2) is 6.27. The van der Waals surface area contributed by atoms with Gasteiger partial charge in [0, 0.05) is 20.6 Å². The van der Waals surface area contributed by atoms with Gasteiger partial charge < -0.3 is 5.73 Å². The molecular weight excluding hydrogens is 345 g/mol. The Morgan fingerprint density at radius 3 is 2.63 bits per heavy atom. The fourth-order valence-electron chi connectivity index (χ4n) is 1.99. The molecule has 2 aromatic carbocycles. The van der Waals surface area contributed by atoms with Crippen molar-refractivity contribution in [1.82, 2.24) is 0 Å². The minimum Gasteiger partial charge on any atom is -0.324 e. The minimum atomic E-state index is -0.104. The molecule has 0 saturated heterocycles. The van der Waals surface area contributed by atoms with Crippen LogP contribution in [0.15, 0.2) is 40.9 Å². The van der Waals surface area contributed by atoms with E-state index in [0.717, 1.165) is 15.6 Å². The summed E-state index contributed by atoms with van der Waals surface area (Å²) in [4.78, 5) is 0. The quantitative estimate of drug-likeness (QED) is 0.790. The summed E-state index contributed by atoms with van der Waals surface area (Å²) in [5.74, 6) is 0. The molecule has 0 aliphatic rings. The molecule has 4 heteroatoms. The summed E-state index contributed by atoms with van der Waals surface area (Å²) in [7, 11) is 0. The van der Waals surface area contributed by atoms with Crippen molar-refractivity contribution >= 4 is 39.1 Å². The molecule has 0 saturated carbocycles. The molecule has 1 atom stereocenters. The lowest BCUT2D eigenvalue weighted by Gasteiger charge is -2.16. The van der Waals surface area contributed by atoms with E-state index in [2.05, 4.69) is 28.9 Å². The molecule has 0 heterocycles. The molecule has 0 aliphatic heterocycles. The molecule has 2 rings (SSSR count). The van der Waals surface area contributed by atoms with Gasteiger partial charge in [-0.2, -0.15) is 0 Å². The molecule has 1 unspecified atom stereocenters. The molecule has 0 aliphatic carbocycles. The van der Waals surface area contributed by atoms with Gasteiger partial charge in [0.2, 0.25) is 0 Å². The Balaban J connectivity index is 2.25. The Morgan fingerprint density at radius 2 is 1.95 bits per heavy atom. The van der Waals surface area contributed by atoms with Gasteiger partial charge in [-0.1, -0.05) is 63.4 Å². The fourth-order valence-corrected chi connectivity index (χ4v) is 3.03. The lowest BCUT2D eigenvalue weighted by molar-refractivity contribution is 0.717. The van der Waals surface area contributed by atoms with Crippen LogP contribution in [0.25, 0.3) is 0 Å². The number of nitrogens with two attached hydrogens (primary N) is 1. The minimum absolute atomic E-state index is 0.104. The van der Waals surface area contributed by atoms with Gasteiger partial charge in [-0.25, -0.2) is 0 Å². The van der Waals surface area contributed by atoms with E-state index in [0.29, 0.717) is 16.5 Å². The Kier molecular flexibility index (Phi) is 4.91. The van der Waals surface area contributed by atoms with Crippen LogP contribution in [-0.4, -0.2) is 0 Å². The molecule has 0 aromatic heterocycles. The Morgan fingerprint density at radius 1 is 1.21 bits per heavy atom. The number of halogens is 3. The van der Waals surface area contributed by atoms with Gasteiger partial charge in [-0.15, -0.1) is 0 Å². The topological polar surface area (TPSA) is 26.0 Å². The van der Waals surface area contributed by atoms with E-state index >= 15 is 0 Å². The molecule has 0 bridgehead atoms. The van der Waals surface area contributed by atoms with Gasteiger partial charge in [0.15, 0.2) is 0 Å². The molecule has 0 spiro atoms. The summed E-state index contributed by atoms with van der Waals surface area (Å²) < 4.78 is 1.06. The summed E-state index contributed by atoms with van der Waals surface area (Å²) in [6, 6.07) is 11.5. The zero-order valence-corrected chi connectivity index (χ0v) is 13.6. The normalized spacial score (nSPS) is 12.5. The third-order valence-corrected chi connectivity index (χ3v) is 4.75. The van der Waals surface area contributed by atoms with Crippen molar-refractivity contribution < 1.29 is 0 Å². The SMILES string of the molecule is Cc1cccc(C(N)Cc2ccc(Cl)cc2Cl)c1Br. The first-order chi connectivity index (χ1) is 8.99. The summed E-state index contributed by atoms with van der Waals surface area (Å²) in [5.41, 5.74) is 9.55. The monoisotopic (exact) mass is 357 g/mol. The smallest absolute Gasteiger partial charge is 0.0453 e. The van der Waals surface area contributed by atoms with E-state index in [1.165, 1.54) is 5.56 Å². The molecule has 2 aromatic rings. The maximum Gasteiger partial charge on any atom is 0.0453 e. The maximum absolute atomic E-state index is 6.28. The number of benzene rings is 2. The van der Waals surface area contributed by atoms with Crippen molar-refractivity contribution in [2.45, 2.75) is 19.4 Å². The van der Waals surface area contributed by atoms with Crippen LogP contribution in [0.3, 0.4) is 0 Å². The summed E-state index contributed by atoms with van der Waals surface area (Å²) >= 11 is 15.7. The highest BCUT2D eigenvalue weighted by atomic mass is 79.9. The predicted molar refractivity (Wildman–Crippen MR) is 86.0 cm³/mol. The molecule has 0 amide bonds. The van der Waals surface area contributed by atoms with Crippen LogP contribution in [0, 0.1) is 6.92 Å². The van der Waals surface area contributed by atoms with Crippen molar-refractivity contribution in [3.8, 4) is 0 Å².